The number of nitrogens with zero attached hydrogens (tertiary/aromatic N) is 6. The van der Waals surface area contributed by atoms with Crippen LogP contribution in [0.1, 0.15) is 18.5 Å². The van der Waals surface area contributed by atoms with Gasteiger partial charge in [0.1, 0.15) is 12.1 Å². The molecule has 0 spiro atoms. The number of nitrogens with one attached hydrogen (secondary N) is 1. The summed E-state index contributed by atoms with van der Waals surface area (Å²) in [6, 6.07) is 2.28. The lowest BCUT2D eigenvalue weighted by Crippen LogP contribution is -2.40. The first-order chi connectivity index (χ1) is 11.2. The lowest BCUT2D eigenvalue weighted by atomic mass is 10.0. The number of likely N-dealkylation sites (tertiary alicyclic amines) is 1. The highest BCUT2D eigenvalue weighted by molar-refractivity contribution is 5.38. The van der Waals surface area contributed by atoms with Gasteiger partial charge in [-0.25, -0.2) is 9.97 Å². The van der Waals surface area contributed by atoms with E-state index in [1.54, 1.807) is 11.8 Å². The monoisotopic (exact) mass is 317 g/mol. The summed E-state index contributed by atoms with van der Waals surface area (Å²) in [6.45, 7) is 3.20. The fraction of sp³-hybridized carbons (Fsp3) is 0.600. The minimum absolute atomic E-state index is 0.447. The average molecular weight is 317 g/mol. The van der Waals surface area contributed by atoms with Gasteiger partial charge in [0, 0.05) is 51.4 Å². The Balaban J connectivity index is 1.43. The van der Waals surface area contributed by atoms with Crippen molar-refractivity contribution in [3.63, 3.8) is 0 Å². The van der Waals surface area contributed by atoms with E-state index in [0.29, 0.717) is 11.9 Å². The van der Waals surface area contributed by atoms with Crippen LogP contribution in [0.3, 0.4) is 0 Å². The van der Waals surface area contributed by atoms with E-state index in [-0.39, 0.29) is 0 Å². The molecule has 1 aliphatic heterocycles. The maximum atomic E-state index is 5.12. The highest BCUT2D eigenvalue weighted by Gasteiger charge is 2.19. The van der Waals surface area contributed by atoms with Crippen molar-refractivity contribution in [3.8, 4) is 5.88 Å². The lowest BCUT2D eigenvalue weighted by molar-refractivity contribution is 0.221. The highest BCUT2D eigenvalue weighted by Crippen LogP contribution is 2.17. The fourth-order valence-corrected chi connectivity index (χ4v) is 2.82. The van der Waals surface area contributed by atoms with Crippen molar-refractivity contribution in [1.82, 2.24) is 29.9 Å². The number of piperidine rings is 1. The summed E-state index contributed by atoms with van der Waals surface area (Å²) in [6.07, 6.45) is 6.67. The quantitative estimate of drug-likeness (QED) is 0.841. The topological polar surface area (TPSA) is 81.0 Å². The van der Waals surface area contributed by atoms with Gasteiger partial charge in [-0.05, 0) is 12.8 Å². The van der Waals surface area contributed by atoms with Gasteiger partial charge < -0.3 is 15.0 Å². The molecular weight excluding hydrogens is 294 g/mol. The number of aryl methyl sites for hydroxylation is 1. The molecule has 124 valence electrons. The summed E-state index contributed by atoms with van der Waals surface area (Å²) < 4.78 is 6.88. The van der Waals surface area contributed by atoms with Gasteiger partial charge in [0.05, 0.1) is 12.8 Å². The van der Waals surface area contributed by atoms with Crippen molar-refractivity contribution < 1.29 is 4.74 Å². The summed E-state index contributed by atoms with van der Waals surface area (Å²) >= 11 is 0. The van der Waals surface area contributed by atoms with Crippen molar-refractivity contribution in [2.75, 3.05) is 32.1 Å². The summed E-state index contributed by atoms with van der Waals surface area (Å²) in [5.41, 5.74) is 1.06. The van der Waals surface area contributed by atoms with E-state index >= 15 is 0 Å². The number of ether oxygens (including phenoxy) is 1. The maximum absolute atomic E-state index is 5.12. The van der Waals surface area contributed by atoms with Gasteiger partial charge in [0.15, 0.2) is 0 Å². The number of anilines is 1. The Kier molecular flexibility index (Phi) is 5.02. The van der Waals surface area contributed by atoms with E-state index in [1.165, 1.54) is 6.33 Å². The number of methoxy groups -OCH3 is 1. The molecular formula is C15H23N7O. The predicted octanol–water partition coefficient (Wildman–Crippen LogP) is 0.733. The van der Waals surface area contributed by atoms with Gasteiger partial charge in [-0.1, -0.05) is 5.21 Å². The van der Waals surface area contributed by atoms with E-state index in [4.69, 9.17) is 4.74 Å². The van der Waals surface area contributed by atoms with E-state index in [1.807, 2.05) is 19.3 Å². The van der Waals surface area contributed by atoms with E-state index in [0.717, 1.165) is 50.4 Å². The molecule has 1 aliphatic rings. The van der Waals surface area contributed by atoms with Crippen molar-refractivity contribution in [2.45, 2.75) is 25.3 Å². The summed E-state index contributed by atoms with van der Waals surface area (Å²) in [7, 11) is 3.51. The van der Waals surface area contributed by atoms with Crippen LogP contribution in [0, 0.1) is 0 Å². The van der Waals surface area contributed by atoms with E-state index in [9.17, 15) is 0 Å². The standard InChI is InChI=1S/C15H23N7O/c1-21-10-13(19-20-21)5-8-22-6-3-12(4-7-22)18-14-9-15(23-2)17-11-16-14/h9-12H,3-8H2,1-2H3,(H,16,17,18). The van der Waals surface area contributed by atoms with Gasteiger partial charge in [-0.2, -0.15) is 0 Å². The van der Waals surface area contributed by atoms with Crippen LogP contribution in [-0.4, -0.2) is 62.6 Å². The molecule has 3 heterocycles. The zero-order valence-electron chi connectivity index (χ0n) is 13.6. The fourth-order valence-electron chi connectivity index (χ4n) is 2.82. The second kappa shape index (κ2) is 7.36. The Morgan fingerprint density at radius 1 is 1.30 bits per heavy atom. The Morgan fingerprint density at radius 2 is 2.13 bits per heavy atom. The first-order valence-corrected chi connectivity index (χ1v) is 7.93. The molecule has 0 saturated carbocycles. The Bertz CT molecular complexity index is 622. The average Bonchev–Trinajstić information content (AvgIpc) is 3.00. The molecule has 0 aromatic carbocycles. The van der Waals surface area contributed by atoms with Crippen LogP contribution in [0.15, 0.2) is 18.6 Å². The summed E-state index contributed by atoms with van der Waals surface area (Å²) in [5, 5.41) is 11.6. The third kappa shape index (κ3) is 4.38. The molecule has 0 unspecified atom stereocenters. The predicted molar refractivity (Wildman–Crippen MR) is 86.4 cm³/mol. The molecule has 0 radical (unpaired) electrons. The summed E-state index contributed by atoms with van der Waals surface area (Å²) in [4.78, 5) is 10.7. The van der Waals surface area contributed by atoms with Crippen LogP contribution in [0.5, 0.6) is 5.88 Å². The van der Waals surface area contributed by atoms with Crippen LogP contribution in [0.25, 0.3) is 0 Å². The SMILES string of the molecule is COc1cc(NC2CCN(CCc3cn(C)nn3)CC2)ncn1. The molecule has 8 nitrogen and oxygen atoms in total. The molecule has 0 aliphatic carbocycles. The zero-order valence-corrected chi connectivity index (χ0v) is 13.6. The molecule has 0 atom stereocenters. The third-order valence-electron chi connectivity index (χ3n) is 4.12. The highest BCUT2D eigenvalue weighted by atomic mass is 16.5. The molecule has 1 fully saturated rings. The maximum Gasteiger partial charge on any atom is 0.218 e. The van der Waals surface area contributed by atoms with Gasteiger partial charge in [0.2, 0.25) is 5.88 Å². The van der Waals surface area contributed by atoms with Crippen LogP contribution in [0.2, 0.25) is 0 Å². The molecule has 1 saturated heterocycles. The number of hydrogen-bond acceptors (Lipinski definition) is 7. The molecule has 23 heavy (non-hydrogen) atoms. The third-order valence-corrected chi connectivity index (χ3v) is 4.12. The van der Waals surface area contributed by atoms with Crippen molar-refractivity contribution in [2.24, 2.45) is 7.05 Å². The smallest absolute Gasteiger partial charge is 0.218 e. The molecule has 0 amide bonds. The zero-order chi connectivity index (χ0) is 16.1. The van der Waals surface area contributed by atoms with Gasteiger partial charge in [0.25, 0.3) is 0 Å². The Hall–Kier alpha value is -2.22. The van der Waals surface area contributed by atoms with Gasteiger partial charge in [-0.3, -0.25) is 4.68 Å². The molecule has 2 aromatic rings. The lowest BCUT2D eigenvalue weighted by Gasteiger charge is -2.32. The minimum atomic E-state index is 0.447. The second-order valence-corrected chi connectivity index (χ2v) is 5.84. The Morgan fingerprint density at radius 3 is 2.83 bits per heavy atom. The number of aromatic nitrogens is 5. The van der Waals surface area contributed by atoms with E-state index in [2.05, 4.69) is 30.5 Å². The first kappa shape index (κ1) is 15.7. The summed E-state index contributed by atoms with van der Waals surface area (Å²) in [5.74, 6) is 1.42. The van der Waals surface area contributed by atoms with Crippen LogP contribution >= 0.6 is 0 Å². The Labute approximate surface area is 135 Å². The molecule has 8 heteroatoms. The first-order valence-electron chi connectivity index (χ1n) is 7.93. The van der Waals surface area contributed by atoms with E-state index < -0.39 is 0 Å². The largest absolute Gasteiger partial charge is 0.481 e. The van der Waals surface area contributed by atoms with Crippen molar-refractivity contribution in [3.05, 3.63) is 24.3 Å². The van der Waals surface area contributed by atoms with Crippen molar-refractivity contribution >= 4 is 5.82 Å². The van der Waals surface area contributed by atoms with Crippen molar-refractivity contribution in [1.29, 1.82) is 0 Å². The van der Waals surface area contributed by atoms with Crippen LogP contribution < -0.4 is 10.1 Å². The number of hydrogen-bond donors (Lipinski definition) is 1. The minimum Gasteiger partial charge on any atom is -0.481 e. The van der Waals surface area contributed by atoms with Gasteiger partial charge >= 0.3 is 0 Å². The normalized spacial score (nSPS) is 16.4. The van der Waals surface area contributed by atoms with Crippen LogP contribution in [-0.2, 0) is 13.5 Å². The molecule has 1 N–H and O–H groups in total. The molecule has 3 rings (SSSR count). The van der Waals surface area contributed by atoms with Crippen LogP contribution in [0.4, 0.5) is 5.82 Å². The second-order valence-electron chi connectivity index (χ2n) is 5.84. The number of rotatable bonds is 6. The molecule has 0 bridgehead atoms. The molecule has 2 aromatic heterocycles. The van der Waals surface area contributed by atoms with Gasteiger partial charge in [-0.15, -0.1) is 5.10 Å².